The van der Waals surface area contributed by atoms with Crippen molar-refractivity contribution in [3.63, 3.8) is 0 Å². The van der Waals surface area contributed by atoms with Gasteiger partial charge in [0, 0.05) is 72.3 Å². The van der Waals surface area contributed by atoms with Crippen LogP contribution in [0.4, 0.5) is 39.5 Å². The summed E-state index contributed by atoms with van der Waals surface area (Å²) in [7, 11) is -1.06. The lowest BCUT2D eigenvalue weighted by molar-refractivity contribution is -0.275. The van der Waals surface area contributed by atoms with Crippen LogP contribution in [0.5, 0.6) is 17.2 Å². The third kappa shape index (κ3) is 19.2. The van der Waals surface area contributed by atoms with Gasteiger partial charge in [-0.05, 0) is 201 Å². The molecular weight excluding hydrogens is 1420 g/mol. The lowest BCUT2D eigenvalue weighted by Crippen LogP contribution is -2.22. The predicted octanol–water partition coefficient (Wildman–Crippen LogP) is 14.4. The van der Waals surface area contributed by atoms with Crippen molar-refractivity contribution in [1.82, 2.24) is 57.5 Å². The van der Waals surface area contributed by atoms with Crippen LogP contribution in [-0.4, -0.2) is 93.7 Å². The molecule has 534 valence electrons. The zero-order valence-electron chi connectivity index (χ0n) is 54.7. The highest BCUT2D eigenvalue weighted by atomic mass is 79.9. The van der Waals surface area contributed by atoms with E-state index in [1.165, 1.54) is 156 Å². The summed E-state index contributed by atoms with van der Waals surface area (Å²) in [6.07, 6.45) is 7.96. The van der Waals surface area contributed by atoms with E-state index in [2.05, 4.69) is 72.5 Å². The molecule has 0 bridgehead atoms. The Kier molecular flexibility index (Phi) is 22.1. The van der Waals surface area contributed by atoms with E-state index in [4.69, 9.17) is 10.0 Å². The molecule has 0 atom stereocenters. The van der Waals surface area contributed by atoms with Gasteiger partial charge in [-0.3, -0.25) is 15.0 Å². The molecule has 15 rings (SSSR count). The molecule has 0 amide bonds. The summed E-state index contributed by atoms with van der Waals surface area (Å²) in [4.78, 5) is 51.7. The van der Waals surface area contributed by atoms with Crippen molar-refractivity contribution in [3.05, 3.63) is 247 Å². The smallest absolute Gasteiger partial charge is 0.427 e. The van der Waals surface area contributed by atoms with Crippen molar-refractivity contribution in [2.45, 2.75) is 133 Å². The molecule has 3 aliphatic rings. The van der Waals surface area contributed by atoms with Crippen molar-refractivity contribution in [2.75, 3.05) is 0 Å². The number of hydrogen-bond acceptors (Lipinski definition) is 14. The van der Waals surface area contributed by atoms with Gasteiger partial charge in [0.2, 0.25) is 0 Å². The first kappa shape index (κ1) is 72.4. The molecule has 9 heterocycles. The Morgan fingerprint density at radius 1 is 0.408 bits per heavy atom. The number of hydrogen-bond donors (Lipinski definition) is 2. The topological polar surface area (TPSA) is 225 Å². The molecular formula is C72H65BBrF9N12O8. The van der Waals surface area contributed by atoms with Crippen LogP contribution in [-0.2, 0) is 38.9 Å². The van der Waals surface area contributed by atoms with Crippen molar-refractivity contribution in [2.24, 2.45) is 0 Å². The maximum atomic E-state index is 12.9. The summed E-state index contributed by atoms with van der Waals surface area (Å²) in [5, 5.41) is 30.6. The van der Waals surface area contributed by atoms with Crippen molar-refractivity contribution < 1.29 is 63.8 Å². The lowest BCUT2D eigenvalue weighted by Gasteiger charge is -2.19. The zero-order valence-corrected chi connectivity index (χ0v) is 56.3. The Morgan fingerprint density at radius 2 is 0.718 bits per heavy atom. The average Bonchev–Trinajstić information content (AvgIpc) is 1.69. The van der Waals surface area contributed by atoms with Gasteiger partial charge in [0.25, 0.3) is 0 Å². The molecule has 20 nitrogen and oxygen atoms in total. The van der Waals surface area contributed by atoms with Crippen LogP contribution >= 0.6 is 15.9 Å². The van der Waals surface area contributed by atoms with Crippen molar-refractivity contribution in [1.29, 1.82) is 0 Å². The molecule has 3 aliphatic carbocycles. The number of aryl methyl sites for hydroxylation is 6. The van der Waals surface area contributed by atoms with Gasteiger partial charge in [-0.25, -0.2) is 41.6 Å². The zero-order chi connectivity index (χ0) is 72.6. The summed E-state index contributed by atoms with van der Waals surface area (Å²) in [5.74, 6) is 0.412. The van der Waals surface area contributed by atoms with Crippen LogP contribution in [0, 0.1) is 0 Å². The van der Waals surface area contributed by atoms with Gasteiger partial charge in [-0.1, -0.05) is 80.6 Å². The minimum absolute atomic E-state index is 0.166. The highest BCUT2D eigenvalue weighted by molar-refractivity contribution is 9.10. The number of fused-ring (bicyclic) bond motifs is 3. The fraction of sp³-hybridized carbons (Fsp3) is 0.292. The fourth-order valence-electron chi connectivity index (χ4n) is 12.1. The molecule has 9 aromatic heterocycles. The Hall–Kier alpha value is -10.4. The molecule has 0 unspecified atom stereocenters. The largest absolute Gasteiger partial charge is 0.573 e. The predicted molar refractivity (Wildman–Crippen MR) is 367 cm³/mol. The maximum Gasteiger partial charge on any atom is 0.573 e. The van der Waals surface area contributed by atoms with Crippen LogP contribution in [0.25, 0.3) is 50.3 Å². The van der Waals surface area contributed by atoms with Gasteiger partial charge >= 0.3 is 43.3 Å². The Bertz CT molecular complexity index is 4880. The second-order valence-corrected chi connectivity index (χ2v) is 25.6. The third-order valence-electron chi connectivity index (χ3n) is 17.5. The quantitative estimate of drug-likeness (QED) is 0.0602. The van der Waals surface area contributed by atoms with Crippen molar-refractivity contribution in [3.8, 4) is 50.6 Å². The van der Waals surface area contributed by atoms with E-state index in [-0.39, 0.29) is 40.1 Å². The second-order valence-electron chi connectivity index (χ2n) is 24.8. The molecule has 3 aromatic carbocycles. The Balaban J connectivity index is 0.000000137. The van der Waals surface area contributed by atoms with E-state index in [1.54, 1.807) is 73.6 Å². The molecule has 0 aliphatic heterocycles. The highest BCUT2D eigenvalue weighted by Gasteiger charge is 2.34. The normalized spacial score (nSPS) is 14.1. The van der Waals surface area contributed by atoms with Crippen LogP contribution in [0.3, 0.4) is 0 Å². The number of aromatic nitrogens is 12. The number of nitrogens with zero attached hydrogens (tertiary/aromatic N) is 12. The first-order valence-corrected chi connectivity index (χ1v) is 33.8. The summed E-state index contributed by atoms with van der Waals surface area (Å²) in [6, 6.07) is 38.6. The van der Waals surface area contributed by atoms with Gasteiger partial charge < -0.3 is 24.3 Å². The van der Waals surface area contributed by atoms with Gasteiger partial charge in [-0.2, -0.15) is 0 Å². The first-order chi connectivity index (χ1) is 49.3. The van der Waals surface area contributed by atoms with E-state index >= 15 is 0 Å². The minimum Gasteiger partial charge on any atom is -0.427 e. The monoisotopic (exact) mass is 1490 g/mol. The van der Waals surface area contributed by atoms with Crippen molar-refractivity contribution >= 4 is 40.0 Å². The Labute approximate surface area is 589 Å². The van der Waals surface area contributed by atoms with Crippen LogP contribution < -0.4 is 31.3 Å². The molecule has 12 aromatic rings. The molecule has 2 N–H and O–H groups in total. The van der Waals surface area contributed by atoms with Gasteiger partial charge in [0.1, 0.15) is 17.2 Å². The number of alkyl halides is 9. The summed E-state index contributed by atoms with van der Waals surface area (Å²) < 4.78 is 132. The molecule has 0 radical (unpaired) electrons. The van der Waals surface area contributed by atoms with Crippen LogP contribution in [0.15, 0.2) is 202 Å². The summed E-state index contributed by atoms with van der Waals surface area (Å²) in [5.41, 5.74) is 9.92. The minimum atomic E-state index is -4.74. The number of halogens is 10. The lowest BCUT2D eigenvalue weighted by atomic mass is 9.65. The van der Waals surface area contributed by atoms with E-state index in [0.29, 0.717) is 101 Å². The van der Waals surface area contributed by atoms with Crippen LogP contribution in [0.2, 0.25) is 5.82 Å². The number of rotatable bonds is 18. The second kappa shape index (κ2) is 31.5. The van der Waals surface area contributed by atoms with E-state index < -0.39 is 26.2 Å². The van der Waals surface area contributed by atoms with Crippen LogP contribution in [0.1, 0.15) is 97.8 Å². The standard InChI is InChI=1S/2C23H19F3N4O2.C20H14BrF3N4O2.C6H13BO2/c2*24-23(25,26)32-18-8-5-15(6-9-18)17-7-10-21-28-30(22(31)29(21)14-17)13-11-20-19(16-3-4-16)2-1-12-27-20;21-16-2-1-10-25-17(16)9-11-28-19(29)27-12-14(5-8-18(27)26-28)13-3-6-15(7-4-13)30-20(22,23)24;8-7(9)6-4-2-1-3-5-6/h2*1-2,5-10,12,14,16H,3-4,11,13H2;1-8,10,12H,9,11H2;6,8-9H,1-5H2. The first-order valence-electron chi connectivity index (χ1n) is 33.0. The fourth-order valence-corrected chi connectivity index (χ4v) is 12.5. The molecule has 103 heavy (non-hydrogen) atoms. The number of pyridine rings is 6. The van der Waals surface area contributed by atoms with Gasteiger partial charge in [-0.15, -0.1) is 54.8 Å². The van der Waals surface area contributed by atoms with E-state index in [9.17, 15) is 53.9 Å². The SMILES string of the molecule is O=c1n(CCc2ncccc2Br)nc2ccc(-c3ccc(OC(F)(F)F)cc3)cn12.O=c1n(CCc2ncccc2C2CC2)nc2ccc(-c3ccc(OC(F)(F)F)cc3)cn12.O=c1n(CCc2ncccc2C2CC2)nc2ccc(-c3ccc(OC(F)(F)F)cc3)cn12.OB(O)C1CCCCC1. The van der Waals surface area contributed by atoms with Gasteiger partial charge in [0.05, 0.1) is 25.3 Å². The maximum absolute atomic E-state index is 12.9. The summed E-state index contributed by atoms with van der Waals surface area (Å²) >= 11 is 3.43. The third-order valence-corrected chi connectivity index (χ3v) is 18.2. The Morgan fingerprint density at radius 3 is 1.02 bits per heavy atom. The molecule has 3 fully saturated rings. The molecule has 31 heteroatoms. The highest BCUT2D eigenvalue weighted by Crippen LogP contribution is 2.42. The van der Waals surface area contributed by atoms with Gasteiger partial charge in [0.15, 0.2) is 16.9 Å². The summed E-state index contributed by atoms with van der Waals surface area (Å²) in [6.45, 7) is 1.18. The molecule has 0 saturated heterocycles. The van der Waals surface area contributed by atoms with E-state index in [1.807, 2.05) is 24.3 Å². The number of benzene rings is 3. The average molecular weight is 1490 g/mol. The molecule has 0 spiro atoms. The van der Waals surface area contributed by atoms with E-state index in [0.717, 1.165) is 34.4 Å². The number of ether oxygens (including phenoxy) is 3. The molecule has 3 saturated carbocycles.